The van der Waals surface area contributed by atoms with E-state index in [1.165, 1.54) is 6.07 Å². The van der Waals surface area contributed by atoms with E-state index in [2.05, 4.69) is 21.2 Å². The lowest BCUT2D eigenvalue weighted by Crippen LogP contribution is -2.13. The van der Waals surface area contributed by atoms with Crippen LogP contribution in [0.25, 0.3) is 0 Å². The van der Waals surface area contributed by atoms with Crippen molar-refractivity contribution in [1.82, 2.24) is 0 Å². The van der Waals surface area contributed by atoms with E-state index in [0.717, 1.165) is 11.3 Å². The Hall–Kier alpha value is -1.46. The molecule has 19 heavy (non-hydrogen) atoms. The molecule has 0 aliphatic carbocycles. The summed E-state index contributed by atoms with van der Waals surface area (Å²) in [4.78, 5) is 0.277. The van der Waals surface area contributed by atoms with Gasteiger partial charge in [0, 0.05) is 10.0 Å². The minimum absolute atomic E-state index is 0.277. The van der Waals surface area contributed by atoms with E-state index in [1.54, 1.807) is 12.1 Å². The normalized spacial score (nSPS) is 10.3. The van der Waals surface area contributed by atoms with E-state index in [1.807, 2.05) is 25.1 Å². The maximum atomic E-state index is 13.8. The van der Waals surface area contributed by atoms with E-state index < -0.39 is 0 Å². The van der Waals surface area contributed by atoms with E-state index in [-0.39, 0.29) is 10.8 Å². The van der Waals surface area contributed by atoms with E-state index in [0.29, 0.717) is 15.7 Å². The molecule has 2 aromatic rings. The molecule has 0 spiro atoms. The van der Waals surface area contributed by atoms with Crippen molar-refractivity contribution in [2.45, 2.75) is 6.92 Å². The van der Waals surface area contributed by atoms with Crippen LogP contribution in [0, 0.1) is 12.7 Å². The Labute approximate surface area is 124 Å². The molecule has 0 bridgehead atoms. The topological polar surface area (TPSA) is 38.0 Å². The van der Waals surface area contributed by atoms with Gasteiger partial charge in [0.15, 0.2) is 0 Å². The molecule has 2 nitrogen and oxygen atoms in total. The summed E-state index contributed by atoms with van der Waals surface area (Å²) in [7, 11) is 0. The van der Waals surface area contributed by atoms with Gasteiger partial charge in [0.25, 0.3) is 0 Å². The molecular weight excluding hydrogens is 327 g/mol. The molecule has 2 aromatic carbocycles. The molecule has 2 rings (SSSR count). The van der Waals surface area contributed by atoms with Crippen LogP contribution in [0.3, 0.4) is 0 Å². The average molecular weight is 339 g/mol. The molecule has 0 heterocycles. The summed E-state index contributed by atoms with van der Waals surface area (Å²) in [6.45, 7) is 1.92. The Bertz CT molecular complexity index is 623. The SMILES string of the molecule is Cc1cccc(C(N)=S)c1Nc1c(F)cccc1Br. The van der Waals surface area contributed by atoms with Crippen LogP contribution in [0.2, 0.25) is 0 Å². The number of nitrogens with one attached hydrogen (secondary N) is 1. The summed E-state index contributed by atoms with van der Waals surface area (Å²) >= 11 is 8.35. The highest BCUT2D eigenvalue weighted by Crippen LogP contribution is 2.31. The maximum absolute atomic E-state index is 13.8. The second-order valence-corrected chi connectivity index (χ2v) is 5.38. The molecule has 3 N–H and O–H groups in total. The Morgan fingerprint density at radius 3 is 2.53 bits per heavy atom. The first-order chi connectivity index (χ1) is 9.00. The number of hydrogen-bond acceptors (Lipinski definition) is 2. The number of halogens is 2. The number of aryl methyl sites for hydroxylation is 1. The molecule has 0 aliphatic heterocycles. The fourth-order valence-electron chi connectivity index (χ4n) is 1.78. The number of anilines is 2. The van der Waals surface area contributed by atoms with Crippen LogP contribution in [-0.4, -0.2) is 4.99 Å². The van der Waals surface area contributed by atoms with E-state index in [4.69, 9.17) is 18.0 Å². The quantitative estimate of drug-likeness (QED) is 0.820. The first kappa shape index (κ1) is 14.0. The van der Waals surface area contributed by atoms with Gasteiger partial charge >= 0.3 is 0 Å². The molecular formula is C14H12BrFN2S. The Kier molecular flexibility index (Phi) is 4.17. The molecule has 5 heteroatoms. The van der Waals surface area contributed by atoms with Gasteiger partial charge in [-0.15, -0.1) is 0 Å². The van der Waals surface area contributed by atoms with Gasteiger partial charge in [0.1, 0.15) is 10.8 Å². The summed E-state index contributed by atoms with van der Waals surface area (Å²) in [5.41, 5.74) is 8.44. The van der Waals surface area contributed by atoms with E-state index in [9.17, 15) is 4.39 Å². The number of nitrogens with two attached hydrogens (primary N) is 1. The fraction of sp³-hybridized carbons (Fsp3) is 0.0714. The van der Waals surface area contributed by atoms with Crippen LogP contribution >= 0.6 is 28.1 Å². The van der Waals surface area contributed by atoms with Crippen molar-refractivity contribution in [2.75, 3.05) is 5.32 Å². The van der Waals surface area contributed by atoms with Gasteiger partial charge in [-0.3, -0.25) is 0 Å². The third-order valence-corrected chi connectivity index (χ3v) is 3.63. The van der Waals surface area contributed by atoms with Crippen molar-refractivity contribution >= 4 is 44.5 Å². The standard InChI is InChI=1S/C14H12BrFN2S/c1-8-4-2-5-9(14(17)19)12(8)18-13-10(15)6-3-7-11(13)16/h2-7,18H,1H3,(H2,17,19). The fourth-order valence-corrected chi connectivity index (χ4v) is 2.39. The number of thiocarbonyl (C=S) groups is 1. The minimum atomic E-state index is -0.341. The van der Waals surface area contributed by atoms with Gasteiger partial charge in [0.05, 0.1) is 11.4 Å². The third kappa shape index (κ3) is 2.93. The molecule has 0 aromatic heterocycles. The van der Waals surface area contributed by atoms with Crippen molar-refractivity contribution in [3.8, 4) is 0 Å². The first-order valence-electron chi connectivity index (χ1n) is 5.61. The smallest absolute Gasteiger partial charge is 0.147 e. The lowest BCUT2D eigenvalue weighted by molar-refractivity contribution is 0.631. The van der Waals surface area contributed by atoms with Gasteiger partial charge < -0.3 is 11.1 Å². The number of hydrogen-bond donors (Lipinski definition) is 2. The van der Waals surface area contributed by atoms with Crippen LogP contribution in [0.1, 0.15) is 11.1 Å². The average Bonchev–Trinajstić information content (AvgIpc) is 2.35. The van der Waals surface area contributed by atoms with Gasteiger partial charge in [-0.2, -0.15) is 0 Å². The maximum Gasteiger partial charge on any atom is 0.147 e. The summed E-state index contributed by atoms with van der Waals surface area (Å²) in [5.74, 6) is -0.341. The number of para-hydroxylation sites is 2. The minimum Gasteiger partial charge on any atom is -0.389 e. The predicted molar refractivity (Wildman–Crippen MR) is 84.4 cm³/mol. The van der Waals surface area contributed by atoms with Crippen molar-refractivity contribution in [2.24, 2.45) is 5.73 Å². The molecule has 0 radical (unpaired) electrons. The van der Waals surface area contributed by atoms with Crippen LogP contribution in [0.4, 0.5) is 15.8 Å². The molecule has 0 amide bonds. The van der Waals surface area contributed by atoms with Crippen LogP contribution in [-0.2, 0) is 0 Å². The molecule has 0 aliphatic rings. The number of rotatable bonds is 3. The van der Waals surface area contributed by atoms with Crippen molar-refractivity contribution in [3.63, 3.8) is 0 Å². The Morgan fingerprint density at radius 1 is 1.21 bits per heavy atom. The van der Waals surface area contributed by atoms with E-state index >= 15 is 0 Å². The Morgan fingerprint density at radius 2 is 1.89 bits per heavy atom. The molecule has 0 saturated heterocycles. The summed E-state index contributed by atoms with van der Waals surface area (Å²) in [6, 6.07) is 10.4. The lowest BCUT2D eigenvalue weighted by Gasteiger charge is -2.15. The second-order valence-electron chi connectivity index (χ2n) is 4.08. The molecule has 98 valence electrons. The first-order valence-corrected chi connectivity index (χ1v) is 6.81. The number of benzene rings is 2. The summed E-state index contributed by atoms with van der Waals surface area (Å²) in [5, 5.41) is 3.07. The molecule has 0 atom stereocenters. The lowest BCUT2D eigenvalue weighted by atomic mass is 10.1. The van der Waals surface area contributed by atoms with Crippen LogP contribution < -0.4 is 11.1 Å². The van der Waals surface area contributed by atoms with Gasteiger partial charge in [0.2, 0.25) is 0 Å². The zero-order chi connectivity index (χ0) is 14.0. The van der Waals surface area contributed by atoms with Gasteiger partial charge in [-0.25, -0.2) is 4.39 Å². The molecule has 0 unspecified atom stereocenters. The Balaban J connectivity index is 2.52. The van der Waals surface area contributed by atoms with Crippen molar-refractivity contribution in [1.29, 1.82) is 0 Å². The van der Waals surface area contributed by atoms with Gasteiger partial charge in [-0.05, 0) is 46.6 Å². The van der Waals surface area contributed by atoms with Crippen molar-refractivity contribution in [3.05, 3.63) is 57.8 Å². The predicted octanol–water partition coefficient (Wildman–Crippen LogP) is 4.27. The summed E-state index contributed by atoms with van der Waals surface area (Å²) < 4.78 is 14.5. The zero-order valence-electron chi connectivity index (χ0n) is 10.2. The largest absolute Gasteiger partial charge is 0.389 e. The zero-order valence-corrected chi connectivity index (χ0v) is 12.6. The highest BCUT2D eigenvalue weighted by atomic mass is 79.9. The van der Waals surface area contributed by atoms with Gasteiger partial charge in [-0.1, -0.05) is 30.4 Å². The molecule has 0 fully saturated rings. The van der Waals surface area contributed by atoms with Crippen molar-refractivity contribution < 1.29 is 4.39 Å². The monoisotopic (exact) mass is 338 g/mol. The highest BCUT2D eigenvalue weighted by molar-refractivity contribution is 9.10. The third-order valence-electron chi connectivity index (χ3n) is 2.75. The second kappa shape index (κ2) is 5.67. The molecule has 0 saturated carbocycles. The van der Waals surface area contributed by atoms with Crippen LogP contribution in [0.15, 0.2) is 40.9 Å². The van der Waals surface area contributed by atoms with Crippen LogP contribution in [0.5, 0.6) is 0 Å². The summed E-state index contributed by atoms with van der Waals surface area (Å²) in [6.07, 6.45) is 0. The highest BCUT2D eigenvalue weighted by Gasteiger charge is 2.12.